The Bertz CT molecular complexity index is 129. The lowest BCUT2D eigenvalue weighted by Gasteiger charge is -2.23. The van der Waals surface area contributed by atoms with Crippen LogP contribution in [0, 0.1) is 0 Å². The molecule has 0 saturated carbocycles. The van der Waals surface area contributed by atoms with Crippen LogP contribution in [0.1, 0.15) is 65.7 Å². The van der Waals surface area contributed by atoms with E-state index in [-0.39, 0.29) is 0 Å². The zero-order valence-corrected chi connectivity index (χ0v) is 11.7. The summed E-state index contributed by atoms with van der Waals surface area (Å²) >= 11 is 0. The summed E-state index contributed by atoms with van der Waals surface area (Å²) in [6.07, 6.45) is 8.80. The van der Waals surface area contributed by atoms with E-state index in [1.54, 1.807) is 0 Å². The van der Waals surface area contributed by atoms with Crippen LogP contribution in [0.5, 0.6) is 0 Å². The van der Waals surface area contributed by atoms with Crippen LogP contribution < -0.4 is 5.73 Å². The van der Waals surface area contributed by atoms with Gasteiger partial charge >= 0.3 is 0 Å². The summed E-state index contributed by atoms with van der Waals surface area (Å²) in [6, 6.07) is 0.413. The van der Waals surface area contributed by atoms with E-state index >= 15 is 0 Å². The van der Waals surface area contributed by atoms with Crippen LogP contribution in [0.25, 0.3) is 0 Å². The number of nitrogens with zero attached hydrogens (tertiary/aromatic N) is 1. The van der Waals surface area contributed by atoms with E-state index in [0.29, 0.717) is 6.04 Å². The fraction of sp³-hybridized carbons (Fsp3) is 1.00. The Morgan fingerprint density at radius 3 is 1.81 bits per heavy atom. The highest BCUT2D eigenvalue weighted by Crippen LogP contribution is 2.04. The Labute approximate surface area is 103 Å². The molecule has 0 radical (unpaired) electrons. The van der Waals surface area contributed by atoms with Crippen LogP contribution in [-0.4, -0.2) is 30.6 Å². The van der Waals surface area contributed by atoms with E-state index in [0.717, 1.165) is 0 Å². The van der Waals surface area contributed by atoms with Gasteiger partial charge in [0.1, 0.15) is 0 Å². The summed E-state index contributed by atoms with van der Waals surface area (Å²) in [7, 11) is 0. The quantitative estimate of drug-likeness (QED) is 0.587. The zero-order chi connectivity index (χ0) is 12.2. The molecule has 0 aromatic rings. The van der Waals surface area contributed by atoms with Gasteiger partial charge in [0.25, 0.3) is 0 Å². The largest absolute Gasteiger partial charge is 0.328 e. The lowest BCUT2D eigenvalue weighted by molar-refractivity contribution is 0.253. The molecule has 16 heavy (non-hydrogen) atoms. The van der Waals surface area contributed by atoms with Crippen molar-refractivity contribution >= 4 is 0 Å². The van der Waals surface area contributed by atoms with Crippen LogP contribution >= 0.6 is 0 Å². The third kappa shape index (κ3) is 9.17. The normalized spacial score (nSPS) is 13.3. The van der Waals surface area contributed by atoms with E-state index in [9.17, 15) is 0 Å². The van der Waals surface area contributed by atoms with Gasteiger partial charge in [-0.3, -0.25) is 0 Å². The maximum atomic E-state index is 6.06. The second kappa shape index (κ2) is 11.4. The fourth-order valence-corrected chi connectivity index (χ4v) is 1.96. The van der Waals surface area contributed by atoms with Crippen molar-refractivity contribution in [3.63, 3.8) is 0 Å². The van der Waals surface area contributed by atoms with Crippen molar-refractivity contribution in [1.29, 1.82) is 0 Å². The molecule has 2 N–H and O–H groups in total. The Hall–Kier alpha value is -0.0800. The van der Waals surface area contributed by atoms with Crippen LogP contribution in [0.2, 0.25) is 0 Å². The number of unbranched alkanes of at least 4 members (excludes halogenated alkanes) is 2. The van der Waals surface area contributed by atoms with Gasteiger partial charge in [0, 0.05) is 6.04 Å². The Morgan fingerprint density at radius 2 is 1.38 bits per heavy atom. The monoisotopic (exact) mass is 228 g/mol. The smallest absolute Gasteiger partial charge is 0.00509 e. The molecule has 0 fully saturated rings. The minimum atomic E-state index is 0.413. The van der Waals surface area contributed by atoms with E-state index in [2.05, 4.69) is 25.7 Å². The van der Waals surface area contributed by atoms with Crippen LogP contribution in [0.3, 0.4) is 0 Å². The van der Waals surface area contributed by atoms with E-state index in [1.165, 1.54) is 64.6 Å². The van der Waals surface area contributed by atoms with Gasteiger partial charge in [0.2, 0.25) is 0 Å². The second-order valence-electron chi connectivity index (χ2n) is 4.89. The maximum Gasteiger partial charge on any atom is 0.00509 e. The van der Waals surface area contributed by atoms with Crippen LogP contribution in [0.15, 0.2) is 0 Å². The molecule has 0 aliphatic heterocycles. The summed E-state index contributed by atoms with van der Waals surface area (Å²) in [4.78, 5) is 2.60. The Morgan fingerprint density at radius 1 is 0.812 bits per heavy atom. The minimum Gasteiger partial charge on any atom is -0.328 e. The van der Waals surface area contributed by atoms with Crippen LogP contribution in [0.4, 0.5) is 0 Å². The average molecular weight is 228 g/mol. The molecule has 0 rings (SSSR count). The van der Waals surface area contributed by atoms with Gasteiger partial charge < -0.3 is 10.6 Å². The first-order chi connectivity index (χ1) is 7.74. The molecular weight excluding hydrogens is 196 g/mol. The number of nitrogens with two attached hydrogens (primary N) is 1. The van der Waals surface area contributed by atoms with Crippen molar-refractivity contribution < 1.29 is 0 Å². The van der Waals surface area contributed by atoms with Crippen molar-refractivity contribution in [2.45, 2.75) is 71.8 Å². The van der Waals surface area contributed by atoms with Gasteiger partial charge in [-0.1, -0.05) is 40.0 Å². The Kier molecular flexibility index (Phi) is 11.3. The fourth-order valence-electron chi connectivity index (χ4n) is 1.96. The standard InChI is InChI=1S/C14H32N2/c1-4-7-11-16(12-8-5-2)13-10-14(15)9-6-3/h14H,4-13,15H2,1-3H3. The molecule has 1 atom stereocenters. The molecule has 0 spiro atoms. The lowest BCUT2D eigenvalue weighted by Crippen LogP contribution is -2.32. The molecule has 0 aliphatic rings. The van der Waals surface area contributed by atoms with Gasteiger partial charge in [-0.25, -0.2) is 0 Å². The molecule has 98 valence electrons. The van der Waals surface area contributed by atoms with Gasteiger partial charge in [-0.2, -0.15) is 0 Å². The van der Waals surface area contributed by atoms with Crippen molar-refractivity contribution in [3.8, 4) is 0 Å². The molecule has 0 saturated heterocycles. The predicted octanol–water partition coefficient (Wildman–Crippen LogP) is 3.41. The summed E-state index contributed by atoms with van der Waals surface area (Å²) in [5, 5.41) is 0. The molecule has 1 unspecified atom stereocenters. The van der Waals surface area contributed by atoms with Gasteiger partial charge in [0.15, 0.2) is 0 Å². The second-order valence-corrected chi connectivity index (χ2v) is 4.89. The molecular formula is C14H32N2. The van der Waals surface area contributed by atoms with Crippen molar-refractivity contribution in [1.82, 2.24) is 4.90 Å². The Balaban J connectivity index is 3.71. The van der Waals surface area contributed by atoms with Gasteiger partial charge in [-0.15, -0.1) is 0 Å². The third-order valence-corrected chi connectivity index (χ3v) is 3.13. The SMILES string of the molecule is CCCCN(CCCC)CCC(N)CCC. The number of rotatable bonds is 11. The predicted molar refractivity (Wildman–Crippen MR) is 73.8 cm³/mol. The molecule has 0 aliphatic carbocycles. The molecule has 0 aromatic heterocycles. The molecule has 0 aromatic carbocycles. The van der Waals surface area contributed by atoms with Crippen molar-refractivity contribution in [3.05, 3.63) is 0 Å². The van der Waals surface area contributed by atoms with E-state index in [1.807, 2.05) is 0 Å². The molecule has 0 amide bonds. The van der Waals surface area contributed by atoms with Gasteiger partial charge in [0.05, 0.1) is 0 Å². The molecule has 0 bridgehead atoms. The highest BCUT2D eigenvalue weighted by Gasteiger charge is 2.07. The summed E-state index contributed by atoms with van der Waals surface area (Å²) in [6.45, 7) is 10.5. The average Bonchev–Trinajstić information content (AvgIpc) is 2.28. The molecule has 2 nitrogen and oxygen atoms in total. The summed E-state index contributed by atoms with van der Waals surface area (Å²) in [5.74, 6) is 0. The first-order valence-electron chi connectivity index (χ1n) is 7.22. The lowest BCUT2D eigenvalue weighted by atomic mass is 10.1. The number of hydrogen-bond donors (Lipinski definition) is 1. The van der Waals surface area contributed by atoms with E-state index < -0.39 is 0 Å². The van der Waals surface area contributed by atoms with E-state index in [4.69, 9.17) is 5.73 Å². The molecule has 2 heteroatoms. The van der Waals surface area contributed by atoms with Crippen molar-refractivity contribution in [2.24, 2.45) is 5.73 Å². The molecule has 0 heterocycles. The van der Waals surface area contributed by atoms with Gasteiger partial charge in [-0.05, 0) is 45.3 Å². The summed E-state index contributed by atoms with van der Waals surface area (Å²) in [5.41, 5.74) is 6.06. The third-order valence-electron chi connectivity index (χ3n) is 3.13. The highest BCUT2D eigenvalue weighted by molar-refractivity contribution is 4.65. The van der Waals surface area contributed by atoms with Crippen LogP contribution in [-0.2, 0) is 0 Å². The van der Waals surface area contributed by atoms with Crippen molar-refractivity contribution in [2.75, 3.05) is 19.6 Å². The zero-order valence-electron chi connectivity index (χ0n) is 11.7. The topological polar surface area (TPSA) is 29.3 Å². The summed E-state index contributed by atoms with van der Waals surface area (Å²) < 4.78 is 0. The highest BCUT2D eigenvalue weighted by atomic mass is 15.1. The first kappa shape index (κ1) is 15.9. The maximum absolute atomic E-state index is 6.06. The minimum absolute atomic E-state index is 0.413. The number of hydrogen-bond acceptors (Lipinski definition) is 2. The first-order valence-corrected chi connectivity index (χ1v) is 7.22.